The van der Waals surface area contributed by atoms with E-state index >= 15 is 0 Å². The van der Waals surface area contributed by atoms with Gasteiger partial charge in [0.15, 0.2) is 6.61 Å². The van der Waals surface area contributed by atoms with Crippen LogP contribution in [0.2, 0.25) is 0 Å². The molecule has 1 unspecified atom stereocenters. The number of amides is 1. The van der Waals surface area contributed by atoms with Gasteiger partial charge in [-0.1, -0.05) is 25.1 Å². The summed E-state index contributed by atoms with van der Waals surface area (Å²) in [4.78, 5) is 11.9. The van der Waals surface area contributed by atoms with Crippen LogP contribution in [0.3, 0.4) is 0 Å². The molecule has 0 fully saturated rings. The maximum atomic E-state index is 11.9. The number of ether oxygens (including phenoxy) is 1. The number of hydrogen-bond acceptors (Lipinski definition) is 3. The molecule has 1 atom stereocenters. The summed E-state index contributed by atoms with van der Waals surface area (Å²) in [7, 11) is 0. The highest BCUT2D eigenvalue weighted by atomic mass is 16.5. The zero-order valence-corrected chi connectivity index (χ0v) is 13.8. The molecule has 0 heterocycles. The predicted octanol–water partition coefficient (Wildman–Crippen LogP) is 3.76. The summed E-state index contributed by atoms with van der Waals surface area (Å²) in [6.07, 6.45) is 0.204. The third-order valence-electron chi connectivity index (χ3n) is 3.81. The number of nitrogens with one attached hydrogen (secondary N) is 1. The molecule has 4 heteroatoms. The van der Waals surface area contributed by atoms with Gasteiger partial charge >= 0.3 is 0 Å². The van der Waals surface area contributed by atoms with Crippen molar-refractivity contribution >= 4 is 11.6 Å². The predicted molar refractivity (Wildman–Crippen MR) is 91.7 cm³/mol. The van der Waals surface area contributed by atoms with Crippen molar-refractivity contribution in [1.82, 2.24) is 0 Å². The lowest BCUT2D eigenvalue weighted by molar-refractivity contribution is -0.118. The number of aryl methyl sites for hydroxylation is 2. The van der Waals surface area contributed by atoms with Crippen LogP contribution in [-0.2, 0) is 4.79 Å². The van der Waals surface area contributed by atoms with Crippen molar-refractivity contribution in [3.8, 4) is 5.75 Å². The number of aliphatic hydroxyl groups is 1. The topological polar surface area (TPSA) is 58.6 Å². The molecule has 0 radical (unpaired) electrons. The average Bonchev–Trinajstić information content (AvgIpc) is 2.56. The van der Waals surface area contributed by atoms with Gasteiger partial charge in [0.2, 0.25) is 0 Å². The third-order valence-corrected chi connectivity index (χ3v) is 3.81. The maximum absolute atomic E-state index is 11.9. The highest BCUT2D eigenvalue weighted by Crippen LogP contribution is 2.20. The summed E-state index contributed by atoms with van der Waals surface area (Å²) in [6, 6.07) is 12.9. The molecule has 0 aliphatic heterocycles. The van der Waals surface area contributed by atoms with Gasteiger partial charge in [-0.25, -0.2) is 0 Å². The van der Waals surface area contributed by atoms with E-state index in [1.807, 2.05) is 51.1 Å². The second-order valence-corrected chi connectivity index (χ2v) is 5.63. The van der Waals surface area contributed by atoms with Crippen molar-refractivity contribution < 1.29 is 14.6 Å². The number of carbonyl (C=O) groups is 1. The minimum atomic E-state index is -0.461. The number of hydrogen-bond donors (Lipinski definition) is 2. The van der Waals surface area contributed by atoms with Gasteiger partial charge in [-0.15, -0.1) is 0 Å². The van der Waals surface area contributed by atoms with Crippen LogP contribution in [0.4, 0.5) is 5.69 Å². The Morgan fingerprint density at radius 3 is 2.43 bits per heavy atom. The van der Waals surface area contributed by atoms with E-state index in [9.17, 15) is 9.90 Å². The molecule has 0 saturated carbocycles. The summed E-state index contributed by atoms with van der Waals surface area (Å²) in [5.74, 6) is 0.401. The Morgan fingerprint density at radius 1 is 1.13 bits per heavy atom. The summed E-state index contributed by atoms with van der Waals surface area (Å²) < 4.78 is 5.47. The summed E-state index contributed by atoms with van der Waals surface area (Å²) >= 11 is 0. The van der Waals surface area contributed by atoms with Gasteiger partial charge in [-0.2, -0.15) is 0 Å². The van der Waals surface area contributed by atoms with Crippen LogP contribution >= 0.6 is 0 Å². The van der Waals surface area contributed by atoms with Crippen LogP contribution in [0.15, 0.2) is 42.5 Å². The quantitative estimate of drug-likeness (QED) is 0.853. The Balaban J connectivity index is 1.87. The maximum Gasteiger partial charge on any atom is 0.262 e. The molecule has 2 N–H and O–H groups in total. The zero-order chi connectivity index (χ0) is 16.8. The smallest absolute Gasteiger partial charge is 0.262 e. The first-order valence-electron chi connectivity index (χ1n) is 7.77. The molecule has 2 rings (SSSR count). The standard InChI is InChI=1S/C19H23NO3/c1-4-18(21)15-6-9-17(10-7-15)23-12-19(22)20-16-8-5-13(2)14(3)11-16/h5-11,18,21H,4,12H2,1-3H3,(H,20,22). The minimum absolute atomic E-state index is 0.0530. The Labute approximate surface area is 137 Å². The SMILES string of the molecule is CCC(O)c1ccc(OCC(=O)Nc2ccc(C)c(C)c2)cc1. The number of aliphatic hydroxyl groups excluding tert-OH is 1. The summed E-state index contributed by atoms with van der Waals surface area (Å²) in [5, 5.41) is 12.6. The van der Waals surface area contributed by atoms with Gasteiger partial charge in [0.1, 0.15) is 5.75 Å². The summed E-state index contributed by atoms with van der Waals surface area (Å²) in [5.41, 5.74) is 3.94. The first-order valence-corrected chi connectivity index (χ1v) is 7.77. The molecule has 0 bridgehead atoms. The molecule has 0 aromatic heterocycles. The normalized spacial score (nSPS) is 11.8. The number of anilines is 1. The van der Waals surface area contributed by atoms with Crippen LogP contribution in [0, 0.1) is 13.8 Å². The van der Waals surface area contributed by atoms with E-state index in [-0.39, 0.29) is 12.5 Å². The molecule has 0 spiro atoms. The van der Waals surface area contributed by atoms with Gasteiger partial charge in [-0.05, 0) is 61.2 Å². The van der Waals surface area contributed by atoms with Crippen LogP contribution in [0.25, 0.3) is 0 Å². The molecule has 23 heavy (non-hydrogen) atoms. The Hall–Kier alpha value is -2.33. The number of benzene rings is 2. The average molecular weight is 313 g/mol. The van der Waals surface area contributed by atoms with Crippen molar-refractivity contribution in [3.05, 3.63) is 59.2 Å². The van der Waals surface area contributed by atoms with Gasteiger partial charge in [0.25, 0.3) is 5.91 Å². The lowest BCUT2D eigenvalue weighted by Crippen LogP contribution is -2.20. The van der Waals surface area contributed by atoms with Crippen LogP contribution in [-0.4, -0.2) is 17.6 Å². The van der Waals surface area contributed by atoms with Crippen molar-refractivity contribution in [3.63, 3.8) is 0 Å². The first-order chi connectivity index (χ1) is 11.0. The van der Waals surface area contributed by atoms with E-state index in [2.05, 4.69) is 5.32 Å². The molecule has 0 saturated heterocycles. The van der Waals surface area contributed by atoms with E-state index in [1.54, 1.807) is 12.1 Å². The molecule has 4 nitrogen and oxygen atoms in total. The Bertz CT molecular complexity index is 665. The number of rotatable bonds is 6. The molecule has 122 valence electrons. The Kier molecular flexibility index (Phi) is 5.77. The van der Waals surface area contributed by atoms with E-state index in [0.717, 1.165) is 16.8 Å². The summed E-state index contributed by atoms with van der Waals surface area (Å²) in [6.45, 7) is 5.91. The molecule has 1 amide bonds. The van der Waals surface area contributed by atoms with Crippen LogP contribution in [0.5, 0.6) is 5.75 Å². The second kappa shape index (κ2) is 7.79. The van der Waals surface area contributed by atoms with Crippen molar-refractivity contribution in [1.29, 1.82) is 0 Å². The highest BCUT2D eigenvalue weighted by molar-refractivity contribution is 5.92. The molecule has 2 aromatic carbocycles. The van der Waals surface area contributed by atoms with Crippen molar-refractivity contribution in [2.45, 2.75) is 33.3 Å². The fraction of sp³-hybridized carbons (Fsp3) is 0.316. The molecule has 0 aliphatic rings. The largest absolute Gasteiger partial charge is 0.484 e. The van der Waals surface area contributed by atoms with Gasteiger partial charge < -0.3 is 15.2 Å². The fourth-order valence-corrected chi connectivity index (χ4v) is 2.19. The lowest BCUT2D eigenvalue weighted by Gasteiger charge is -2.11. The van der Waals surface area contributed by atoms with E-state index < -0.39 is 6.10 Å². The van der Waals surface area contributed by atoms with E-state index in [4.69, 9.17) is 4.74 Å². The molecular formula is C19H23NO3. The number of carbonyl (C=O) groups excluding carboxylic acids is 1. The zero-order valence-electron chi connectivity index (χ0n) is 13.8. The Morgan fingerprint density at radius 2 is 1.83 bits per heavy atom. The van der Waals surface area contributed by atoms with E-state index in [0.29, 0.717) is 12.2 Å². The van der Waals surface area contributed by atoms with Crippen LogP contribution in [0.1, 0.15) is 36.1 Å². The van der Waals surface area contributed by atoms with Gasteiger partial charge in [0.05, 0.1) is 6.10 Å². The molecule has 2 aromatic rings. The molecule has 0 aliphatic carbocycles. The molecular weight excluding hydrogens is 290 g/mol. The van der Waals surface area contributed by atoms with E-state index in [1.165, 1.54) is 5.56 Å². The fourth-order valence-electron chi connectivity index (χ4n) is 2.19. The van der Waals surface area contributed by atoms with Crippen molar-refractivity contribution in [2.24, 2.45) is 0 Å². The lowest BCUT2D eigenvalue weighted by atomic mass is 10.1. The minimum Gasteiger partial charge on any atom is -0.484 e. The monoisotopic (exact) mass is 313 g/mol. The van der Waals surface area contributed by atoms with Crippen LogP contribution < -0.4 is 10.1 Å². The first kappa shape index (κ1) is 17.0. The van der Waals surface area contributed by atoms with Gasteiger partial charge in [-0.3, -0.25) is 4.79 Å². The van der Waals surface area contributed by atoms with Gasteiger partial charge in [0, 0.05) is 5.69 Å². The van der Waals surface area contributed by atoms with Crippen molar-refractivity contribution in [2.75, 3.05) is 11.9 Å². The third kappa shape index (κ3) is 4.83. The second-order valence-electron chi connectivity index (χ2n) is 5.63. The highest BCUT2D eigenvalue weighted by Gasteiger charge is 2.07.